The molecular weight excluding hydrogens is 400 g/mol. The van der Waals surface area contributed by atoms with Crippen molar-refractivity contribution in [3.63, 3.8) is 0 Å². The first-order chi connectivity index (χ1) is 14.5. The molecule has 0 bridgehead atoms. The van der Waals surface area contributed by atoms with Gasteiger partial charge in [0.05, 0.1) is 27.0 Å². The second kappa shape index (κ2) is 9.63. The number of nitrogens with one attached hydrogen (secondary N) is 1. The van der Waals surface area contributed by atoms with Gasteiger partial charge in [0.1, 0.15) is 0 Å². The van der Waals surface area contributed by atoms with Crippen LogP contribution in [0.15, 0.2) is 35.7 Å². The molecule has 0 aliphatic carbocycles. The van der Waals surface area contributed by atoms with Crippen LogP contribution >= 0.6 is 11.3 Å². The number of nitrogens with zero attached hydrogens (tertiary/aromatic N) is 1. The predicted octanol–water partition coefficient (Wildman–Crippen LogP) is 5.02. The SMILES string of the molecule is COc1ccc(CCC(=O)Nc2nc(-c3ccc(C)c(C)c3)cs2)c(OC)c1OC. The first kappa shape index (κ1) is 21.6. The van der Waals surface area contributed by atoms with Crippen molar-refractivity contribution in [2.24, 2.45) is 0 Å². The Kier molecular flexibility index (Phi) is 6.95. The van der Waals surface area contributed by atoms with E-state index < -0.39 is 0 Å². The summed E-state index contributed by atoms with van der Waals surface area (Å²) in [6.07, 6.45) is 0.801. The highest BCUT2D eigenvalue weighted by molar-refractivity contribution is 7.14. The molecule has 3 rings (SSSR count). The highest BCUT2D eigenvalue weighted by Crippen LogP contribution is 2.40. The first-order valence-corrected chi connectivity index (χ1v) is 10.5. The van der Waals surface area contributed by atoms with Crippen LogP contribution in [0, 0.1) is 13.8 Å². The highest BCUT2D eigenvalue weighted by Gasteiger charge is 2.17. The van der Waals surface area contributed by atoms with Gasteiger partial charge in [-0.25, -0.2) is 4.98 Å². The smallest absolute Gasteiger partial charge is 0.226 e. The first-order valence-electron chi connectivity index (χ1n) is 9.57. The Morgan fingerprint density at radius 2 is 1.77 bits per heavy atom. The molecule has 7 heteroatoms. The maximum atomic E-state index is 12.5. The molecule has 1 heterocycles. The molecule has 0 atom stereocenters. The predicted molar refractivity (Wildman–Crippen MR) is 120 cm³/mol. The van der Waals surface area contributed by atoms with E-state index in [1.165, 1.54) is 22.5 Å². The van der Waals surface area contributed by atoms with Crippen LogP contribution in [0.25, 0.3) is 11.3 Å². The number of carbonyl (C=O) groups is 1. The summed E-state index contributed by atoms with van der Waals surface area (Å²) in [6, 6.07) is 9.93. The second-order valence-electron chi connectivity index (χ2n) is 6.88. The molecule has 2 aromatic carbocycles. The fourth-order valence-corrected chi connectivity index (χ4v) is 3.89. The monoisotopic (exact) mass is 426 g/mol. The summed E-state index contributed by atoms with van der Waals surface area (Å²) < 4.78 is 16.2. The largest absolute Gasteiger partial charge is 0.493 e. The molecule has 0 fully saturated rings. The van der Waals surface area contributed by atoms with E-state index in [9.17, 15) is 4.79 Å². The van der Waals surface area contributed by atoms with E-state index in [1.54, 1.807) is 21.3 Å². The third-order valence-electron chi connectivity index (χ3n) is 4.96. The number of amides is 1. The molecule has 0 saturated heterocycles. The molecule has 0 saturated carbocycles. The third-order valence-corrected chi connectivity index (χ3v) is 5.72. The molecule has 0 spiro atoms. The van der Waals surface area contributed by atoms with Gasteiger partial charge < -0.3 is 19.5 Å². The Hall–Kier alpha value is -3.06. The lowest BCUT2D eigenvalue weighted by Gasteiger charge is -2.15. The number of hydrogen-bond acceptors (Lipinski definition) is 6. The summed E-state index contributed by atoms with van der Waals surface area (Å²) in [4.78, 5) is 17.0. The van der Waals surface area contributed by atoms with Crippen LogP contribution in [-0.2, 0) is 11.2 Å². The molecule has 6 nitrogen and oxygen atoms in total. The standard InChI is InChI=1S/C23H26N2O4S/c1-14-6-7-17(12-15(14)2)18-13-30-23(24-18)25-20(26)11-9-16-8-10-19(27-3)22(29-5)21(16)28-4/h6-8,10,12-13H,9,11H2,1-5H3,(H,24,25,26). The van der Waals surface area contributed by atoms with E-state index in [0.717, 1.165) is 16.8 Å². The molecule has 1 N–H and O–H groups in total. The van der Waals surface area contributed by atoms with Gasteiger partial charge in [-0.15, -0.1) is 11.3 Å². The number of rotatable bonds is 8. The fraction of sp³-hybridized carbons (Fsp3) is 0.304. The van der Waals surface area contributed by atoms with Gasteiger partial charge >= 0.3 is 0 Å². The number of anilines is 1. The summed E-state index contributed by atoms with van der Waals surface area (Å²) in [7, 11) is 4.71. The summed E-state index contributed by atoms with van der Waals surface area (Å²) in [5, 5.41) is 5.43. The number of thiazole rings is 1. The van der Waals surface area contributed by atoms with E-state index >= 15 is 0 Å². The minimum absolute atomic E-state index is 0.104. The Morgan fingerprint density at radius 3 is 2.43 bits per heavy atom. The zero-order valence-corrected chi connectivity index (χ0v) is 18.7. The average Bonchev–Trinajstić information content (AvgIpc) is 3.21. The number of hydrogen-bond donors (Lipinski definition) is 1. The summed E-state index contributed by atoms with van der Waals surface area (Å²) >= 11 is 1.42. The van der Waals surface area contributed by atoms with Crippen molar-refractivity contribution in [2.45, 2.75) is 26.7 Å². The Morgan fingerprint density at radius 1 is 1.00 bits per heavy atom. The third kappa shape index (κ3) is 4.74. The number of benzene rings is 2. The molecule has 0 aliphatic rings. The van der Waals surface area contributed by atoms with Crippen LogP contribution in [0.5, 0.6) is 17.2 Å². The molecule has 0 radical (unpaired) electrons. The number of aryl methyl sites for hydroxylation is 3. The van der Waals surface area contributed by atoms with Crippen LogP contribution in [0.2, 0.25) is 0 Å². The van der Waals surface area contributed by atoms with Gasteiger partial charge in [-0.3, -0.25) is 4.79 Å². The summed E-state index contributed by atoms with van der Waals surface area (Å²) in [5.74, 6) is 1.59. The van der Waals surface area contributed by atoms with Crippen LogP contribution < -0.4 is 19.5 Å². The minimum atomic E-state index is -0.104. The molecule has 1 amide bonds. The number of aromatic nitrogens is 1. The Labute approximate surface area is 180 Å². The van der Waals surface area contributed by atoms with Crippen LogP contribution in [0.3, 0.4) is 0 Å². The van der Waals surface area contributed by atoms with E-state index in [4.69, 9.17) is 14.2 Å². The van der Waals surface area contributed by atoms with Gasteiger partial charge in [0, 0.05) is 17.4 Å². The van der Waals surface area contributed by atoms with Crippen LogP contribution in [-0.4, -0.2) is 32.2 Å². The molecule has 0 unspecified atom stereocenters. The fourth-order valence-electron chi connectivity index (χ4n) is 3.15. The van der Waals surface area contributed by atoms with Crippen molar-refractivity contribution in [1.82, 2.24) is 4.98 Å². The van der Waals surface area contributed by atoms with E-state index in [1.807, 2.05) is 23.6 Å². The van der Waals surface area contributed by atoms with Crippen molar-refractivity contribution >= 4 is 22.4 Å². The van der Waals surface area contributed by atoms with E-state index in [2.05, 4.69) is 36.3 Å². The van der Waals surface area contributed by atoms with Crippen LogP contribution in [0.4, 0.5) is 5.13 Å². The van der Waals surface area contributed by atoms with E-state index in [-0.39, 0.29) is 5.91 Å². The van der Waals surface area contributed by atoms with Crippen LogP contribution in [0.1, 0.15) is 23.1 Å². The number of methoxy groups -OCH3 is 3. The maximum Gasteiger partial charge on any atom is 0.226 e. The normalized spacial score (nSPS) is 10.6. The van der Waals surface area contributed by atoms with Crippen molar-refractivity contribution in [3.05, 3.63) is 52.4 Å². The zero-order chi connectivity index (χ0) is 21.7. The molecule has 30 heavy (non-hydrogen) atoms. The van der Waals surface area contributed by atoms with Gasteiger partial charge in [0.25, 0.3) is 0 Å². The molecule has 3 aromatic rings. The Bertz CT molecular complexity index is 1050. The van der Waals surface area contributed by atoms with Crippen molar-refractivity contribution in [2.75, 3.05) is 26.6 Å². The van der Waals surface area contributed by atoms with Gasteiger partial charge in [-0.2, -0.15) is 0 Å². The maximum absolute atomic E-state index is 12.5. The summed E-state index contributed by atoms with van der Waals surface area (Å²) in [5.41, 5.74) is 5.24. The lowest BCUT2D eigenvalue weighted by Crippen LogP contribution is -2.12. The van der Waals surface area contributed by atoms with E-state index in [0.29, 0.717) is 35.2 Å². The van der Waals surface area contributed by atoms with Gasteiger partial charge in [-0.1, -0.05) is 18.2 Å². The summed E-state index contributed by atoms with van der Waals surface area (Å²) in [6.45, 7) is 4.16. The molecule has 158 valence electrons. The lowest BCUT2D eigenvalue weighted by atomic mass is 10.1. The topological polar surface area (TPSA) is 69.7 Å². The lowest BCUT2D eigenvalue weighted by molar-refractivity contribution is -0.116. The minimum Gasteiger partial charge on any atom is -0.493 e. The highest BCUT2D eigenvalue weighted by atomic mass is 32.1. The number of ether oxygens (including phenoxy) is 3. The second-order valence-corrected chi connectivity index (χ2v) is 7.74. The Balaban J connectivity index is 1.66. The van der Waals surface area contributed by atoms with Crippen molar-refractivity contribution in [1.29, 1.82) is 0 Å². The van der Waals surface area contributed by atoms with Gasteiger partial charge in [0.2, 0.25) is 11.7 Å². The average molecular weight is 427 g/mol. The molecule has 0 aliphatic heterocycles. The molecular formula is C23H26N2O4S. The quantitative estimate of drug-likeness (QED) is 0.547. The van der Waals surface area contributed by atoms with Crippen molar-refractivity contribution in [3.8, 4) is 28.5 Å². The van der Waals surface area contributed by atoms with Gasteiger partial charge in [0.15, 0.2) is 16.6 Å². The molecule has 1 aromatic heterocycles. The number of carbonyl (C=O) groups excluding carboxylic acids is 1. The zero-order valence-electron chi connectivity index (χ0n) is 17.9. The van der Waals surface area contributed by atoms with Gasteiger partial charge in [-0.05, 0) is 49.1 Å². The van der Waals surface area contributed by atoms with Crippen molar-refractivity contribution < 1.29 is 19.0 Å².